The summed E-state index contributed by atoms with van der Waals surface area (Å²) in [6, 6.07) is 20.8. The van der Waals surface area contributed by atoms with E-state index in [0.717, 1.165) is 0 Å². The Morgan fingerprint density at radius 1 is 0.500 bits per heavy atom. The van der Waals surface area contributed by atoms with Crippen molar-refractivity contribution in [2.75, 3.05) is 0 Å². The molecule has 2 heteroatoms. The molecule has 0 radical (unpaired) electrons. The van der Waals surface area contributed by atoms with Gasteiger partial charge in [-0.2, -0.15) is 0 Å². The van der Waals surface area contributed by atoms with Crippen LogP contribution < -0.4 is 12.3 Å². The molecule has 6 N–H and O–H groups in total. The Bertz CT molecular complexity index is 320. The van der Waals surface area contributed by atoms with E-state index in [1.54, 1.807) is 0 Å². The lowest BCUT2D eigenvalue weighted by Crippen LogP contribution is -1.73. The first kappa shape index (κ1) is 16.5. The van der Waals surface area contributed by atoms with Gasteiger partial charge in [0.25, 0.3) is 0 Å². The summed E-state index contributed by atoms with van der Waals surface area (Å²) >= 11 is 0. The highest BCUT2D eigenvalue weighted by Crippen LogP contribution is 2.17. The van der Waals surface area contributed by atoms with Gasteiger partial charge in [-0.25, -0.2) is 0 Å². The summed E-state index contributed by atoms with van der Waals surface area (Å²) in [5.74, 6) is 0. The summed E-state index contributed by atoms with van der Waals surface area (Å²) in [4.78, 5) is 0. The standard InChI is InChI=1S/C12H10.C2H4.2H3N/c1-3-7-11(8-4-1)12-9-5-2-6-10-12;1-2;;/h1-10H;1-2H2;2*1H3. The van der Waals surface area contributed by atoms with Gasteiger partial charge in [-0.1, -0.05) is 60.7 Å². The van der Waals surface area contributed by atoms with Crippen molar-refractivity contribution in [2.24, 2.45) is 0 Å². The van der Waals surface area contributed by atoms with E-state index in [4.69, 9.17) is 0 Å². The highest BCUT2D eigenvalue weighted by Gasteiger charge is 1.91. The third kappa shape index (κ3) is 4.55. The van der Waals surface area contributed by atoms with Crippen LogP contribution in [0.1, 0.15) is 0 Å². The summed E-state index contributed by atoms with van der Waals surface area (Å²) < 4.78 is 0. The maximum Gasteiger partial charge on any atom is -0.0184 e. The molecule has 0 saturated heterocycles. The Balaban J connectivity index is 0. The number of hydrogen-bond donors (Lipinski definition) is 2. The van der Waals surface area contributed by atoms with Crippen LogP contribution in [0.4, 0.5) is 0 Å². The Morgan fingerprint density at radius 2 is 0.750 bits per heavy atom. The number of benzene rings is 2. The van der Waals surface area contributed by atoms with E-state index in [9.17, 15) is 0 Å². The van der Waals surface area contributed by atoms with Gasteiger partial charge < -0.3 is 12.3 Å². The van der Waals surface area contributed by atoms with Crippen molar-refractivity contribution in [1.29, 1.82) is 0 Å². The number of hydrogen-bond acceptors (Lipinski definition) is 2. The lowest BCUT2D eigenvalue weighted by molar-refractivity contribution is 1.62. The fraction of sp³-hybridized carbons (Fsp3) is 0. The molecule has 0 unspecified atom stereocenters. The van der Waals surface area contributed by atoms with Crippen LogP contribution in [-0.4, -0.2) is 0 Å². The highest BCUT2D eigenvalue weighted by molar-refractivity contribution is 5.62. The molecule has 0 aliphatic carbocycles. The van der Waals surface area contributed by atoms with Crippen molar-refractivity contribution in [2.45, 2.75) is 0 Å². The highest BCUT2D eigenvalue weighted by atomic mass is 14.0. The van der Waals surface area contributed by atoms with Crippen molar-refractivity contribution >= 4 is 0 Å². The van der Waals surface area contributed by atoms with Crippen LogP contribution >= 0.6 is 0 Å². The van der Waals surface area contributed by atoms with Gasteiger partial charge in [0, 0.05) is 0 Å². The summed E-state index contributed by atoms with van der Waals surface area (Å²) in [5.41, 5.74) is 2.55. The van der Waals surface area contributed by atoms with Gasteiger partial charge in [0.1, 0.15) is 0 Å². The SMILES string of the molecule is C=C.N.N.c1ccc(-c2ccccc2)cc1. The van der Waals surface area contributed by atoms with Crippen LogP contribution in [0, 0.1) is 0 Å². The van der Waals surface area contributed by atoms with Crippen molar-refractivity contribution in [3.63, 3.8) is 0 Å². The molecule has 0 heterocycles. The van der Waals surface area contributed by atoms with Crippen LogP contribution in [0.25, 0.3) is 11.1 Å². The third-order valence-electron chi connectivity index (χ3n) is 1.88. The van der Waals surface area contributed by atoms with Crippen molar-refractivity contribution < 1.29 is 0 Å². The van der Waals surface area contributed by atoms with Crippen LogP contribution in [0.5, 0.6) is 0 Å². The zero-order valence-electron chi connectivity index (χ0n) is 9.60. The molecule has 0 bridgehead atoms. The molecule has 2 nitrogen and oxygen atoms in total. The molecule has 0 aliphatic heterocycles. The van der Waals surface area contributed by atoms with Crippen molar-refractivity contribution in [3.05, 3.63) is 73.8 Å². The van der Waals surface area contributed by atoms with E-state index in [1.165, 1.54) is 11.1 Å². The molecule has 2 aromatic rings. The second-order valence-electron chi connectivity index (χ2n) is 2.73. The molecule has 0 spiro atoms. The van der Waals surface area contributed by atoms with E-state index in [-0.39, 0.29) is 12.3 Å². The maximum absolute atomic E-state index is 3.00. The molecule has 0 aliphatic rings. The topological polar surface area (TPSA) is 70.0 Å². The Morgan fingerprint density at radius 3 is 1.00 bits per heavy atom. The summed E-state index contributed by atoms with van der Waals surface area (Å²) in [6.07, 6.45) is 0. The Labute approximate surface area is 97.8 Å². The predicted octanol–water partition coefficient (Wildman–Crippen LogP) is 4.48. The van der Waals surface area contributed by atoms with E-state index < -0.39 is 0 Å². The molecule has 16 heavy (non-hydrogen) atoms. The van der Waals surface area contributed by atoms with Crippen molar-refractivity contribution in [1.82, 2.24) is 12.3 Å². The molecule has 2 rings (SSSR count). The average molecular weight is 216 g/mol. The first-order valence-electron chi connectivity index (χ1n) is 4.57. The molecule has 86 valence electrons. The largest absolute Gasteiger partial charge is 0.344 e. The van der Waals surface area contributed by atoms with Crippen molar-refractivity contribution in [3.8, 4) is 11.1 Å². The van der Waals surface area contributed by atoms with Gasteiger partial charge in [-0.05, 0) is 11.1 Å². The lowest BCUT2D eigenvalue weighted by Gasteiger charge is -1.98. The molecule has 0 amide bonds. The first-order chi connectivity index (χ1) is 6.97. The molecular weight excluding hydrogens is 196 g/mol. The molecular formula is C14H20N2. The fourth-order valence-electron chi connectivity index (χ4n) is 1.26. The van der Waals surface area contributed by atoms with E-state index >= 15 is 0 Å². The monoisotopic (exact) mass is 216 g/mol. The van der Waals surface area contributed by atoms with E-state index in [0.29, 0.717) is 0 Å². The predicted molar refractivity (Wildman–Crippen MR) is 73.2 cm³/mol. The average Bonchev–Trinajstić information content (AvgIpc) is 2.34. The summed E-state index contributed by atoms with van der Waals surface area (Å²) in [7, 11) is 0. The summed E-state index contributed by atoms with van der Waals surface area (Å²) in [5, 5.41) is 0. The van der Waals surface area contributed by atoms with Gasteiger partial charge in [-0.15, -0.1) is 13.2 Å². The molecule has 0 saturated carbocycles. The van der Waals surface area contributed by atoms with Gasteiger partial charge in [-0.3, -0.25) is 0 Å². The minimum atomic E-state index is 0. The number of rotatable bonds is 1. The summed E-state index contributed by atoms with van der Waals surface area (Å²) in [6.45, 7) is 6.00. The fourth-order valence-corrected chi connectivity index (χ4v) is 1.26. The van der Waals surface area contributed by atoms with E-state index in [2.05, 4.69) is 61.7 Å². The van der Waals surface area contributed by atoms with Gasteiger partial charge in [0.2, 0.25) is 0 Å². The second-order valence-corrected chi connectivity index (χ2v) is 2.73. The van der Waals surface area contributed by atoms with Gasteiger partial charge in [0.15, 0.2) is 0 Å². The van der Waals surface area contributed by atoms with E-state index in [1.807, 2.05) is 12.1 Å². The second kappa shape index (κ2) is 9.65. The smallest absolute Gasteiger partial charge is 0.0184 e. The zero-order valence-corrected chi connectivity index (χ0v) is 9.60. The van der Waals surface area contributed by atoms with Gasteiger partial charge >= 0.3 is 0 Å². The maximum atomic E-state index is 3.00. The lowest BCUT2D eigenvalue weighted by atomic mass is 10.1. The van der Waals surface area contributed by atoms with Crippen LogP contribution in [0.2, 0.25) is 0 Å². The van der Waals surface area contributed by atoms with Crippen LogP contribution in [-0.2, 0) is 0 Å². The van der Waals surface area contributed by atoms with Crippen LogP contribution in [0.3, 0.4) is 0 Å². The Kier molecular flexibility index (Phi) is 9.96. The normalized spacial score (nSPS) is 7.50. The minimum absolute atomic E-state index is 0. The zero-order chi connectivity index (χ0) is 10.2. The first-order valence-corrected chi connectivity index (χ1v) is 4.57. The third-order valence-corrected chi connectivity index (χ3v) is 1.88. The minimum Gasteiger partial charge on any atom is -0.344 e. The quantitative estimate of drug-likeness (QED) is 0.690. The molecule has 2 aromatic carbocycles. The van der Waals surface area contributed by atoms with Crippen LogP contribution in [0.15, 0.2) is 73.8 Å². The molecule has 0 fully saturated rings. The molecule has 0 aromatic heterocycles. The van der Waals surface area contributed by atoms with Gasteiger partial charge in [0.05, 0.1) is 0 Å². The molecule has 0 atom stereocenters. The Hall–Kier alpha value is -1.90.